The van der Waals surface area contributed by atoms with Crippen LogP contribution in [-0.2, 0) is 11.3 Å². The van der Waals surface area contributed by atoms with Gasteiger partial charge in [0.1, 0.15) is 6.61 Å². The SMILES string of the molecule is Cc1nc(CNCCOC(N)=O)no1. The molecule has 0 spiro atoms. The standard InChI is InChI=1S/C7H12N4O3/c1-5-10-6(11-14-5)4-9-2-3-13-7(8)12/h9H,2-4H2,1H3,(H2,8,12). The van der Waals surface area contributed by atoms with Crippen LogP contribution >= 0.6 is 0 Å². The number of carbonyl (C=O) groups excluding carboxylic acids is 1. The van der Waals surface area contributed by atoms with Gasteiger partial charge >= 0.3 is 6.09 Å². The Morgan fingerprint density at radius 1 is 1.71 bits per heavy atom. The average Bonchev–Trinajstić information content (AvgIpc) is 2.50. The Bertz CT molecular complexity index is 299. The van der Waals surface area contributed by atoms with Gasteiger partial charge in [0.05, 0.1) is 6.54 Å². The van der Waals surface area contributed by atoms with Crippen LogP contribution in [0.5, 0.6) is 0 Å². The molecule has 1 amide bonds. The zero-order chi connectivity index (χ0) is 10.4. The van der Waals surface area contributed by atoms with Crippen LogP contribution in [0.3, 0.4) is 0 Å². The Hall–Kier alpha value is -1.63. The molecule has 0 aliphatic heterocycles. The summed E-state index contributed by atoms with van der Waals surface area (Å²) < 4.78 is 9.25. The van der Waals surface area contributed by atoms with Crippen LogP contribution in [0.25, 0.3) is 0 Å². The lowest BCUT2D eigenvalue weighted by Gasteiger charge is -2.01. The molecule has 0 fully saturated rings. The minimum absolute atomic E-state index is 0.228. The second kappa shape index (κ2) is 5.18. The highest BCUT2D eigenvalue weighted by Crippen LogP contribution is 1.93. The molecule has 78 valence electrons. The molecule has 0 aliphatic carbocycles. The summed E-state index contributed by atoms with van der Waals surface area (Å²) in [5, 5.41) is 6.62. The molecule has 1 heterocycles. The molecule has 0 bridgehead atoms. The molecule has 0 aromatic carbocycles. The highest BCUT2D eigenvalue weighted by Gasteiger charge is 2.00. The van der Waals surface area contributed by atoms with Gasteiger partial charge in [-0.1, -0.05) is 5.16 Å². The van der Waals surface area contributed by atoms with E-state index in [0.717, 1.165) is 0 Å². The van der Waals surface area contributed by atoms with Crippen molar-refractivity contribution in [3.8, 4) is 0 Å². The van der Waals surface area contributed by atoms with Gasteiger partial charge in [-0.05, 0) is 0 Å². The Labute approximate surface area is 80.6 Å². The number of nitrogens with two attached hydrogens (primary N) is 1. The van der Waals surface area contributed by atoms with Gasteiger partial charge in [-0.15, -0.1) is 0 Å². The molecule has 0 aliphatic rings. The lowest BCUT2D eigenvalue weighted by molar-refractivity contribution is 0.157. The summed E-state index contributed by atoms with van der Waals surface area (Å²) in [5.41, 5.74) is 4.76. The number of primary amides is 1. The van der Waals surface area contributed by atoms with E-state index in [1.54, 1.807) is 6.92 Å². The fourth-order valence-corrected chi connectivity index (χ4v) is 0.837. The monoisotopic (exact) mass is 200 g/mol. The van der Waals surface area contributed by atoms with E-state index in [-0.39, 0.29) is 6.61 Å². The number of nitrogens with zero attached hydrogens (tertiary/aromatic N) is 2. The minimum atomic E-state index is -0.776. The molecule has 0 unspecified atom stereocenters. The number of aromatic nitrogens is 2. The normalized spacial score (nSPS) is 10.1. The molecule has 14 heavy (non-hydrogen) atoms. The Balaban J connectivity index is 2.07. The molecule has 1 aromatic rings. The van der Waals surface area contributed by atoms with Gasteiger partial charge in [0, 0.05) is 13.5 Å². The summed E-state index contributed by atoms with van der Waals surface area (Å²) in [6.07, 6.45) is -0.776. The number of ether oxygens (including phenoxy) is 1. The highest BCUT2D eigenvalue weighted by atomic mass is 16.5. The van der Waals surface area contributed by atoms with Crippen molar-refractivity contribution in [1.82, 2.24) is 15.5 Å². The molecule has 0 saturated carbocycles. The summed E-state index contributed by atoms with van der Waals surface area (Å²) in [4.78, 5) is 14.1. The highest BCUT2D eigenvalue weighted by molar-refractivity contribution is 5.64. The van der Waals surface area contributed by atoms with Gasteiger partial charge < -0.3 is 20.3 Å². The first-order valence-electron chi connectivity index (χ1n) is 4.10. The summed E-state index contributed by atoms with van der Waals surface area (Å²) in [5.74, 6) is 1.09. The third-order valence-corrected chi connectivity index (χ3v) is 1.38. The molecular formula is C7H12N4O3. The summed E-state index contributed by atoms with van der Waals surface area (Å²) >= 11 is 0. The Morgan fingerprint density at radius 3 is 3.07 bits per heavy atom. The van der Waals surface area contributed by atoms with E-state index in [1.807, 2.05) is 0 Å². The van der Waals surface area contributed by atoms with E-state index >= 15 is 0 Å². The number of aryl methyl sites for hydroxylation is 1. The topological polar surface area (TPSA) is 103 Å². The molecule has 0 saturated heterocycles. The van der Waals surface area contributed by atoms with Crippen molar-refractivity contribution in [1.29, 1.82) is 0 Å². The third-order valence-electron chi connectivity index (χ3n) is 1.38. The first-order chi connectivity index (χ1) is 6.68. The number of hydrogen-bond acceptors (Lipinski definition) is 6. The van der Waals surface area contributed by atoms with Crippen LogP contribution < -0.4 is 11.1 Å². The maximum atomic E-state index is 10.2. The summed E-state index contributed by atoms with van der Waals surface area (Å²) in [7, 11) is 0. The van der Waals surface area contributed by atoms with Crippen molar-refractivity contribution in [3.05, 3.63) is 11.7 Å². The van der Waals surface area contributed by atoms with Gasteiger partial charge in [-0.3, -0.25) is 0 Å². The van der Waals surface area contributed by atoms with Crippen LogP contribution in [0.1, 0.15) is 11.7 Å². The molecule has 7 nitrogen and oxygen atoms in total. The second-order valence-corrected chi connectivity index (χ2v) is 2.57. The van der Waals surface area contributed by atoms with Crippen molar-refractivity contribution in [2.24, 2.45) is 5.73 Å². The van der Waals surface area contributed by atoms with Crippen molar-refractivity contribution < 1.29 is 14.1 Å². The molecule has 1 rings (SSSR count). The fourth-order valence-electron chi connectivity index (χ4n) is 0.837. The maximum absolute atomic E-state index is 10.2. The number of carbonyl (C=O) groups is 1. The predicted molar refractivity (Wildman–Crippen MR) is 46.3 cm³/mol. The van der Waals surface area contributed by atoms with E-state index < -0.39 is 6.09 Å². The first kappa shape index (κ1) is 10.5. The average molecular weight is 200 g/mol. The molecule has 3 N–H and O–H groups in total. The number of hydrogen-bond donors (Lipinski definition) is 2. The van der Waals surface area contributed by atoms with Gasteiger partial charge in [0.25, 0.3) is 0 Å². The zero-order valence-corrected chi connectivity index (χ0v) is 7.82. The summed E-state index contributed by atoms with van der Waals surface area (Å²) in [6.45, 7) is 2.91. The predicted octanol–water partition coefficient (Wildman–Crippen LogP) is -0.437. The van der Waals surface area contributed by atoms with E-state index in [4.69, 9.17) is 10.3 Å². The van der Waals surface area contributed by atoms with Crippen molar-refractivity contribution in [3.63, 3.8) is 0 Å². The summed E-state index contributed by atoms with van der Waals surface area (Å²) in [6, 6.07) is 0. The van der Waals surface area contributed by atoms with Crippen molar-refractivity contribution >= 4 is 6.09 Å². The zero-order valence-electron chi connectivity index (χ0n) is 7.82. The lowest BCUT2D eigenvalue weighted by atomic mass is 10.5. The van der Waals surface area contributed by atoms with E-state index in [2.05, 4.69) is 20.2 Å². The van der Waals surface area contributed by atoms with Gasteiger partial charge in [-0.25, -0.2) is 4.79 Å². The number of amides is 1. The maximum Gasteiger partial charge on any atom is 0.404 e. The molecule has 7 heteroatoms. The second-order valence-electron chi connectivity index (χ2n) is 2.57. The first-order valence-corrected chi connectivity index (χ1v) is 4.10. The van der Waals surface area contributed by atoms with E-state index in [1.165, 1.54) is 0 Å². The molecular weight excluding hydrogens is 188 g/mol. The number of rotatable bonds is 5. The van der Waals surface area contributed by atoms with Gasteiger partial charge in [-0.2, -0.15) is 4.98 Å². The molecule has 0 radical (unpaired) electrons. The van der Waals surface area contributed by atoms with Gasteiger partial charge in [0.15, 0.2) is 5.82 Å². The van der Waals surface area contributed by atoms with Crippen LogP contribution in [0.4, 0.5) is 4.79 Å². The molecule has 1 aromatic heterocycles. The quantitative estimate of drug-likeness (QED) is 0.624. The van der Waals surface area contributed by atoms with Crippen LogP contribution in [-0.4, -0.2) is 29.4 Å². The number of nitrogens with one attached hydrogen (secondary N) is 1. The van der Waals surface area contributed by atoms with Crippen molar-refractivity contribution in [2.75, 3.05) is 13.2 Å². The largest absolute Gasteiger partial charge is 0.448 e. The Kier molecular flexibility index (Phi) is 3.86. The Morgan fingerprint density at radius 2 is 2.50 bits per heavy atom. The third kappa shape index (κ3) is 3.85. The smallest absolute Gasteiger partial charge is 0.404 e. The van der Waals surface area contributed by atoms with Gasteiger partial charge in [0.2, 0.25) is 5.89 Å². The van der Waals surface area contributed by atoms with E-state index in [0.29, 0.717) is 24.8 Å². The minimum Gasteiger partial charge on any atom is -0.448 e. The van der Waals surface area contributed by atoms with E-state index in [9.17, 15) is 4.79 Å². The van der Waals surface area contributed by atoms with Crippen LogP contribution in [0.15, 0.2) is 4.52 Å². The van der Waals surface area contributed by atoms with Crippen molar-refractivity contribution in [2.45, 2.75) is 13.5 Å². The fraction of sp³-hybridized carbons (Fsp3) is 0.571. The molecule has 0 atom stereocenters. The van der Waals surface area contributed by atoms with Crippen LogP contribution in [0.2, 0.25) is 0 Å². The van der Waals surface area contributed by atoms with Crippen LogP contribution in [0, 0.1) is 6.92 Å². The lowest BCUT2D eigenvalue weighted by Crippen LogP contribution is -2.23.